The van der Waals surface area contributed by atoms with Gasteiger partial charge < -0.3 is 10.6 Å². The number of nitrogens with one attached hydrogen (secondary N) is 2. The molecule has 0 aromatic carbocycles. The van der Waals surface area contributed by atoms with E-state index >= 15 is 0 Å². The van der Waals surface area contributed by atoms with Gasteiger partial charge in [-0.1, -0.05) is 18.0 Å². The van der Waals surface area contributed by atoms with E-state index < -0.39 is 0 Å². The Morgan fingerprint density at radius 2 is 2.29 bits per heavy atom. The number of nitrogens with zero attached hydrogens (tertiary/aromatic N) is 2. The molecule has 0 unspecified atom stereocenters. The molecule has 2 N–H and O–H groups in total. The second kappa shape index (κ2) is 6.50. The maximum atomic E-state index is 5.96. The molecule has 0 bridgehead atoms. The third-order valence-electron chi connectivity index (χ3n) is 2.90. The van der Waals surface area contributed by atoms with Crippen LogP contribution in [-0.2, 0) is 6.54 Å². The van der Waals surface area contributed by atoms with Gasteiger partial charge in [0, 0.05) is 30.9 Å². The summed E-state index contributed by atoms with van der Waals surface area (Å²) in [7, 11) is 0. The van der Waals surface area contributed by atoms with Crippen molar-refractivity contribution in [3.05, 3.63) is 22.2 Å². The van der Waals surface area contributed by atoms with Crippen LogP contribution in [0.3, 0.4) is 0 Å². The van der Waals surface area contributed by atoms with Gasteiger partial charge in [-0.05, 0) is 31.0 Å². The molecule has 17 heavy (non-hydrogen) atoms. The Morgan fingerprint density at radius 1 is 1.41 bits per heavy atom. The maximum absolute atomic E-state index is 5.96. The average Bonchev–Trinajstić information content (AvgIpc) is 2.33. The third kappa shape index (κ3) is 4.07. The summed E-state index contributed by atoms with van der Waals surface area (Å²) in [6.07, 6.45) is 5.49. The zero-order chi connectivity index (χ0) is 12.1. The van der Waals surface area contributed by atoms with Crippen LogP contribution in [0.4, 0.5) is 0 Å². The largest absolute Gasteiger partial charge is 0.313 e. The van der Waals surface area contributed by atoms with Crippen LogP contribution < -0.4 is 10.6 Å². The highest BCUT2D eigenvalue weighted by Crippen LogP contribution is 2.14. The van der Waals surface area contributed by atoms with Crippen LogP contribution in [0.25, 0.3) is 0 Å². The second-order valence-electron chi connectivity index (χ2n) is 4.23. The predicted octanol–water partition coefficient (Wildman–Crippen LogP) is 2.02. The predicted molar refractivity (Wildman–Crippen MR) is 69.4 cm³/mol. The number of piperidine rings is 1. The molecule has 4 nitrogen and oxygen atoms in total. The Kier molecular flexibility index (Phi) is 4.98. The average molecular weight is 275 g/mol. The zero-order valence-corrected chi connectivity index (χ0v) is 11.1. The molecule has 0 saturated carbocycles. The maximum Gasteiger partial charge on any atom is 0.223 e. The van der Waals surface area contributed by atoms with Crippen molar-refractivity contribution in [2.45, 2.75) is 31.8 Å². The summed E-state index contributed by atoms with van der Waals surface area (Å²) in [4.78, 5) is 7.82. The van der Waals surface area contributed by atoms with Gasteiger partial charge in [-0.25, -0.2) is 9.97 Å². The van der Waals surface area contributed by atoms with Crippen molar-refractivity contribution in [3.8, 4) is 0 Å². The molecule has 1 aromatic heterocycles. The minimum atomic E-state index is 0.188. The summed E-state index contributed by atoms with van der Waals surface area (Å²) >= 11 is 11.6. The molecule has 1 aliphatic rings. The number of aromatic nitrogens is 2. The fourth-order valence-electron chi connectivity index (χ4n) is 1.96. The minimum Gasteiger partial charge on any atom is -0.313 e. The van der Waals surface area contributed by atoms with Crippen LogP contribution in [0.15, 0.2) is 6.20 Å². The molecule has 0 amide bonds. The van der Waals surface area contributed by atoms with Gasteiger partial charge in [0.15, 0.2) is 0 Å². The number of rotatable bonds is 4. The highest BCUT2D eigenvalue weighted by atomic mass is 35.5. The molecule has 0 spiro atoms. The number of hydrogen-bond donors (Lipinski definition) is 2. The third-order valence-corrected chi connectivity index (χ3v) is 3.41. The van der Waals surface area contributed by atoms with Gasteiger partial charge in [-0.15, -0.1) is 0 Å². The Bertz CT molecular complexity index is 366. The number of hydrogen-bond acceptors (Lipinski definition) is 4. The quantitative estimate of drug-likeness (QED) is 0.652. The monoisotopic (exact) mass is 274 g/mol. The van der Waals surface area contributed by atoms with Crippen molar-refractivity contribution in [1.82, 2.24) is 20.6 Å². The van der Waals surface area contributed by atoms with Gasteiger partial charge >= 0.3 is 0 Å². The van der Waals surface area contributed by atoms with Crippen LogP contribution in [-0.4, -0.2) is 29.1 Å². The summed E-state index contributed by atoms with van der Waals surface area (Å²) < 4.78 is 0. The summed E-state index contributed by atoms with van der Waals surface area (Å²) in [5, 5.41) is 7.46. The lowest BCUT2D eigenvalue weighted by Gasteiger charge is -2.23. The molecule has 0 aliphatic carbocycles. The topological polar surface area (TPSA) is 49.8 Å². The van der Waals surface area contributed by atoms with E-state index in [9.17, 15) is 0 Å². The highest BCUT2D eigenvalue weighted by molar-refractivity contribution is 6.32. The van der Waals surface area contributed by atoms with Crippen molar-refractivity contribution in [2.24, 2.45) is 0 Å². The van der Waals surface area contributed by atoms with E-state index in [4.69, 9.17) is 23.2 Å². The van der Waals surface area contributed by atoms with E-state index in [0.29, 0.717) is 17.7 Å². The van der Waals surface area contributed by atoms with Gasteiger partial charge in [0.2, 0.25) is 5.28 Å². The van der Waals surface area contributed by atoms with Gasteiger partial charge in [-0.3, -0.25) is 0 Å². The first kappa shape index (κ1) is 13.0. The first-order chi connectivity index (χ1) is 8.25. The van der Waals surface area contributed by atoms with Crippen molar-refractivity contribution >= 4 is 23.2 Å². The SMILES string of the molecule is Clc1ncc(CNC[C@@H]2CCCCN2)c(Cl)n1. The molecule has 1 aromatic rings. The molecular formula is C11H16Cl2N4. The lowest BCUT2D eigenvalue weighted by atomic mass is 10.1. The summed E-state index contributed by atoms with van der Waals surface area (Å²) in [5.74, 6) is 0. The van der Waals surface area contributed by atoms with Crippen LogP contribution in [0.1, 0.15) is 24.8 Å². The van der Waals surface area contributed by atoms with Crippen molar-refractivity contribution in [3.63, 3.8) is 0 Å². The molecule has 0 radical (unpaired) electrons. The van der Waals surface area contributed by atoms with E-state index in [1.807, 2.05) is 0 Å². The molecule has 6 heteroatoms. The van der Waals surface area contributed by atoms with Gasteiger partial charge in [0.25, 0.3) is 0 Å². The Hall–Kier alpha value is -0.420. The van der Waals surface area contributed by atoms with E-state index in [1.165, 1.54) is 19.3 Å². The zero-order valence-electron chi connectivity index (χ0n) is 9.55. The molecular weight excluding hydrogens is 259 g/mol. The first-order valence-corrected chi connectivity index (χ1v) is 6.62. The van der Waals surface area contributed by atoms with E-state index in [1.54, 1.807) is 6.20 Å². The highest BCUT2D eigenvalue weighted by Gasteiger charge is 2.12. The van der Waals surface area contributed by atoms with Crippen molar-refractivity contribution in [2.75, 3.05) is 13.1 Å². The molecule has 94 valence electrons. The van der Waals surface area contributed by atoms with Crippen LogP contribution in [0.2, 0.25) is 10.4 Å². The van der Waals surface area contributed by atoms with E-state index in [2.05, 4.69) is 20.6 Å². The summed E-state index contributed by atoms with van der Waals surface area (Å²) in [6.45, 7) is 2.74. The molecule has 1 fully saturated rings. The molecule has 1 aliphatic heterocycles. The standard InChI is InChI=1S/C11H16Cl2N4/c12-10-8(6-16-11(13)17-10)5-14-7-9-3-1-2-4-15-9/h6,9,14-15H,1-5,7H2/t9-/m0/s1. The lowest BCUT2D eigenvalue weighted by molar-refractivity contribution is 0.383. The minimum absolute atomic E-state index is 0.188. The van der Waals surface area contributed by atoms with Crippen LogP contribution >= 0.6 is 23.2 Å². The molecule has 2 rings (SSSR count). The van der Waals surface area contributed by atoms with Crippen molar-refractivity contribution in [1.29, 1.82) is 0 Å². The fraction of sp³-hybridized carbons (Fsp3) is 0.636. The summed E-state index contributed by atoms with van der Waals surface area (Å²) in [5.41, 5.74) is 0.881. The van der Waals surface area contributed by atoms with Gasteiger partial charge in [0.05, 0.1) is 0 Å². The lowest BCUT2D eigenvalue weighted by Crippen LogP contribution is -2.41. The smallest absolute Gasteiger partial charge is 0.223 e. The second-order valence-corrected chi connectivity index (χ2v) is 4.93. The Balaban J connectivity index is 1.77. The van der Waals surface area contributed by atoms with Gasteiger partial charge in [0.1, 0.15) is 5.15 Å². The van der Waals surface area contributed by atoms with E-state index in [0.717, 1.165) is 18.7 Å². The number of halogens is 2. The summed E-state index contributed by atoms with van der Waals surface area (Å²) in [6, 6.07) is 0.566. The fourth-order valence-corrected chi connectivity index (χ4v) is 2.34. The normalized spacial score (nSPS) is 20.5. The molecule has 2 heterocycles. The molecule has 1 saturated heterocycles. The van der Waals surface area contributed by atoms with Gasteiger partial charge in [-0.2, -0.15) is 0 Å². The Labute approximate surface area is 111 Å². The van der Waals surface area contributed by atoms with E-state index in [-0.39, 0.29) is 5.28 Å². The Morgan fingerprint density at radius 3 is 3.00 bits per heavy atom. The first-order valence-electron chi connectivity index (χ1n) is 5.87. The van der Waals surface area contributed by atoms with Crippen molar-refractivity contribution < 1.29 is 0 Å². The molecule has 1 atom stereocenters. The van der Waals surface area contributed by atoms with Crippen LogP contribution in [0.5, 0.6) is 0 Å². The van der Waals surface area contributed by atoms with Crippen LogP contribution in [0, 0.1) is 0 Å².